The molecule has 44 heavy (non-hydrogen) atoms. The molecule has 0 bridgehead atoms. The summed E-state index contributed by atoms with van der Waals surface area (Å²) in [5, 5.41) is 67.7. The Kier molecular flexibility index (Phi) is 13.8. The van der Waals surface area contributed by atoms with Gasteiger partial charge in [0.15, 0.2) is 0 Å². The van der Waals surface area contributed by atoms with Crippen molar-refractivity contribution in [1.29, 1.82) is 0 Å². The summed E-state index contributed by atoms with van der Waals surface area (Å²) in [7, 11) is 0. The van der Waals surface area contributed by atoms with E-state index in [0.29, 0.717) is 50.4 Å². The van der Waals surface area contributed by atoms with E-state index in [1.54, 1.807) is 12.1 Å². The smallest absolute Gasteiger partial charge is 0.255 e. The fourth-order valence-corrected chi connectivity index (χ4v) is 5.26. The standard InChI is InChI=1S/C31H47N5O8/c1-20-10-22(28(41)26(12-20)30(43)33-24(16-37)17-38)14-35-6-3-7-36(9-5-32-4-8-35)15-23-11-21(2)13-27(29(23)42)31(44)34-25(18-39)19-40/h10-13,24-25,32,37-42H,3-9,14-19H2,1-2H3,(H,33,43)(H,34,44). The zero-order valence-electron chi connectivity index (χ0n) is 25.6. The monoisotopic (exact) mass is 617 g/mol. The Morgan fingerprint density at radius 1 is 0.705 bits per heavy atom. The molecule has 2 aromatic carbocycles. The highest BCUT2D eigenvalue weighted by atomic mass is 16.3. The summed E-state index contributed by atoms with van der Waals surface area (Å²) >= 11 is 0. The van der Waals surface area contributed by atoms with Crippen LogP contribution in [0.5, 0.6) is 11.5 Å². The molecule has 0 aliphatic carbocycles. The lowest BCUT2D eigenvalue weighted by Crippen LogP contribution is -2.41. The van der Waals surface area contributed by atoms with E-state index in [0.717, 1.165) is 30.6 Å². The van der Waals surface area contributed by atoms with Gasteiger partial charge in [-0.05, 0) is 56.6 Å². The van der Waals surface area contributed by atoms with Gasteiger partial charge in [0, 0.05) is 50.4 Å². The number of benzene rings is 2. The molecule has 0 unspecified atom stereocenters. The summed E-state index contributed by atoms with van der Waals surface area (Å²) < 4.78 is 0. The summed E-state index contributed by atoms with van der Waals surface area (Å²) in [6.07, 6.45) is 0.795. The molecule has 1 heterocycles. The minimum absolute atomic E-state index is 0.0894. The maximum Gasteiger partial charge on any atom is 0.255 e. The molecule has 2 amide bonds. The van der Waals surface area contributed by atoms with Gasteiger partial charge in [0.25, 0.3) is 11.8 Å². The largest absolute Gasteiger partial charge is 0.507 e. The van der Waals surface area contributed by atoms with Crippen LogP contribution in [0.3, 0.4) is 0 Å². The number of carbonyl (C=O) groups excluding carboxylic acids is 2. The van der Waals surface area contributed by atoms with Gasteiger partial charge >= 0.3 is 0 Å². The van der Waals surface area contributed by atoms with Crippen LogP contribution in [0.25, 0.3) is 0 Å². The lowest BCUT2D eigenvalue weighted by molar-refractivity contribution is 0.0870. The van der Waals surface area contributed by atoms with Crippen molar-refractivity contribution in [2.24, 2.45) is 0 Å². The third-order valence-corrected chi connectivity index (χ3v) is 7.65. The summed E-state index contributed by atoms with van der Waals surface area (Å²) in [6.45, 7) is 7.11. The van der Waals surface area contributed by atoms with Gasteiger partial charge in [0.05, 0.1) is 49.6 Å². The van der Waals surface area contributed by atoms with Crippen LogP contribution in [-0.4, -0.2) is 130 Å². The van der Waals surface area contributed by atoms with Crippen LogP contribution < -0.4 is 16.0 Å². The van der Waals surface area contributed by atoms with E-state index in [-0.39, 0.29) is 22.6 Å². The number of nitrogens with one attached hydrogen (secondary N) is 3. The normalized spacial score (nSPS) is 15.5. The summed E-state index contributed by atoms with van der Waals surface area (Å²) in [4.78, 5) is 29.9. The molecule has 9 N–H and O–H groups in total. The fraction of sp³-hybridized carbons (Fsp3) is 0.548. The zero-order chi connectivity index (χ0) is 32.2. The summed E-state index contributed by atoms with van der Waals surface area (Å²) in [6, 6.07) is 5.20. The lowest BCUT2D eigenvalue weighted by atomic mass is 10.0. The van der Waals surface area contributed by atoms with E-state index in [4.69, 9.17) is 0 Å². The molecule has 0 radical (unpaired) electrons. The molecule has 0 spiro atoms. The number of aliphatic hydroxyl groups is 4. The first-order chi connectivity index (χ1) is 21.1. The molecule has 3 rings (SSSR count). The Labute approximate surface area is 258 Å². The number of hydrogen-bond acceptors (Lipinski definition) is 11. The molecular formula is C31H47N5O8. The number of carbonyl (C=O) groups is 2. The SMILES string of the molecule is Cc1cc(CN2CCCN(Cc3cc(C)cc(C(=O)NC(CO)CO)c3O)CCNCC2)c(O)c(C(=O)NC(CO)CO)c1. The second kappa shape index (κ2) is 17.3. The first-order valence-corrected chi connectivity index (χ1v) is 15.0. The van der Waals surface area contributed by atoms with Crippen molar-refractivity contribution in [3.05, 3.63) is 57.6 Å². The number of rotatable bonds is 12. The van der Waals surface area contributed by atoms with E-state index < -0.39 is 50.3 Å². The van der Waals surface area contributed by atoms with Crippen molar-refractivity contribution < 1.29 is 40.2 Å². The Morgan fingerprint density at radius 3 is 1.45 bits per heavy atom. The molecule has 2 aromatic rings. The molecule has 1 aliphatic heterocycles. The van der Waals surface area contributed by atoms with E-state index in [2.05, 4.69) is 25.8 Å². The van der Waals surface area contributed by atoms with E-state index in [1.165, 1.54) is 0 Å². The third-order valence-electron chi connectivity index (χ3n) is 7.65. The first-order valence-electron chi connectivity index (χ1n) is 15.0. The van der Waals surface area contributed by atoms with Crippen molar-refractivity contribution in [2.45, 2.75) is 45.4 Å². The van der Waals surface area contributed by atoms with Gasteiger partial charge in [-0.1, -0.05) is 12.1 Å². The maximum absolute atomic E-state index is 12.8. The predicted octanol–water partition coefficient (Wildman–Crippen LogP) is -0.822. The molecule has 1 aliphatic rings. The summed E-state index contributed by atoms with van der Waals surface area (Å²) in [5.74, 6) is -1.40. The average molecular weight is 618 g/mol. The number of hydrogen-bond donors (Lipinski definition) is 9. The van der Waals surface area contributed by atoms with Crippen molar-refractivity contribution in [2.75, 3.05) is 65.7 Å². The molecule has 13 heteroatoms. The quantitative estimate of drug-likeness (QED) is 0.144. The molecular weight excluding hydrogens is 570 g/mol. The first kappa shape index (κ1) is 35.2. The molecule has 0 aromatic heterocycles. The van der Waals surface area contributed by atoms with Crippen LogP contribution in [0, 0.1) is 13.8 Å². The number of phenols is 2. The average Bonchev–Trinajstić information content (AvgIpc) is 3.00. The lowest BCUT2D eigenvalue weighted by Gasteiger charge is -2.29. The van der Waals surface area contributed by atoms with Gasteiger partial charge in [-0.2, -0.15) is 0 Å². The van der Waals surface area contributed by atoms with Crippen molar-refractivity contribution in [3.8, 4) is 11.5 Å². The van der Waals surface area contributed by atoms with Crippen LogP contribution >= 0.6 is 0 Å². The Morgan fingerprint density at radius 2 is 1.09 bits per heavy atom. The number of amides is 2. The number of aromatic hydroxyl groups is 2. The minimum atomic E-state index is -0.822. The minimum Gasteiger partial charge on any atom is -0.507 e. The van der Waals surface area contributed by atoms with Gasteiger partial charge in [0.2, 0.25) is 0 Å². The second-order valence-electron chi connectivity index (χ2n) is 11.4. The highest BCUT2D eigenvalue weighted by Crippen LogP contribution is 2.28. The maximum atomic E-state index is 12.8. The number of phenolic OH excluding ortho intramolecular Hbond substituents is 2. The van der Waals surface area contributed by atoms with E-state index in [9.17, 15) is 40.2 Å². The van der Waals surface area contributed by atoms with Gasteiger partial charge in [0.1, 0.15) is 11.5 Å². The van der Waals surface area contributed by atoms with Crippen LogP contribution in [0.1, 0.15) is 49.4 Å². The van der Waals surface area contributed by atoms with Crippen molar-refractivity contribution in [3.63, 3.8) is 0 Å². The van der Waals surface area contributed by atoms with Gasteiger partial charge < -0.3 is 46.6 Å². The number of aliphatic hydroxyl groups excluding tert-OH is 4. The Bertz CT molecular complexity index is 1160. The van der Waals surface area contributed by atoms with Crippen LogP contribution in [-0.2, 0) is 13.1 Å². The molecule has 1 fully saturated rings. The third kappa shape index (κ3) is 9.86. The van der Waals surface area contributed by atoms with E-state index in [1.807, 2.05) is 26.0 Å². The highest BCUT2D eigenvalue weighted by Gasteiger charge is 2.22. The molecule has 0 saturated carbocycles. The van der Waals surface area contributed by atoms with Gasteiger partial charge in [-0.3, -0.25) is 19.4 Å². The number of aryl methyl sites for hydroxylation is 2. The molecule has 0 atom stereocenters. The zero-order valence-corrected chi connectivity index (χ0v) is 25.6. The number of nitrogens with zero attached hydrogens (tertiary/aromatic N) is 2. The van der Waals surface area contributed by atoms with Crippen molar-refractivity contribution in [1.82, 2.24) is 25.8 Å². The van der Waals surface area contributed by atoms with Crippen LogP contribution in [0.4, 0.5) is 0 Å². The second-order valence-corrected chi connectivity index (χ2v) is 11.4. The Balaban J connectivity index is 1.70. The van der Waals surface area contributed by atoms with E-state index >= 15 is 0 Å². The molecule has 244 valence electrons. The highest BCUT2D eigenvalue weighted by molar-refractivity contribution is 5.98. The van der Waals surface area contributed by atoms with Crippen molar-refractivity contribution >= 4 is 11.8 Å². The summed E-state index contributed by atoms with van der Waals surface area (Å²) in [5.41, 5.74) is 2.99. The van der Waals surface area contributed by atoms with Gasteiger partial charge in [-0.15, -0.1) is 0 Å². The van der Waals surface area contributed by atoms with Crippen LogP contribution in [0.15, 0.2) is 24.3 Å². The van der Waals surface area contributed by atoms with Crippen LogP contribution in [0.2, 0.25) is 0 Å². The predicted molar refractivity (Wildman–Crippen MR) is 165 cm³/mol. The van der Waals surface area contributed by atoms with Gasteiger partial charge in [-0.25, -0.2) is 0 Å². The fourth-order valence-electron chi connectivity index (χ4n) is 5.26. The Hall–Kier alpha value is -3.30. The topological polar surface area (TPSA) is 198 Å². The molecule has 1 saturated heterocycles. The molecule has 13 nitrogen and oxygen atoms in total.